The van der Waals surface area contributed by atoms with Crippen molar-refractivity contribution in [3.05, 3.63) is 35.1 Å². The molecule has 5 heteroatoms. The van der Waals surface area contributed by atoms with Crippen LogP contribution in [0, 0.1) is 23.1 Å². The van der Waals surface area contributed by atoms with Crippen molar-refractivity contribution in [2.24, 2.45) is 5.92 Å². The first-order chi connectivity index (χ1) is 8.93. The van der Waals surface area contributed by atoms with Crippen LogP contribution in [0.4, 0.5) is 4.39 Å². The first-order valence-electron chi connectivity index (χ1n) is 6.08. The Morgan fingerprint density at radius 3 is 2.74 bits per heavy atom. The number of nitriles is 1. The molecular formula is C14H17FN2O2. The van der Waals surface area contributed by atoms with Crippen LogP contribution in [0.5, 0.6) is 0 Å². The van der Waals surface area contributed by atoms with Gasteiger partial charge in [-0.25, -0.2) is 4.39 Å². The van der Waals surface area contributed by atoms with Gasteiger partial charge >= 0.3 is 5.97 Å². The highest BCUT2D eigenvalue weighted by Crippen LogP contribution is 2.11. The Hall–Kier alpha value is -1.93. The number of halogens is 1. The first-order valence-corrected chi connectivity index (χ1v) is 6.08. The van der Waals surface area contributed by atoms with Crippen LogP contribution in [0.15, 0.2) is 18.2 Å². The van der Waals surface area contributed by atoms with Gasteiger partial charge in [-0.2, -0.15) is 5.26 Å². The van der Waals surface area contributed by atoms with Gasteiger partial charge in [-0.05, 0) is 30.5 Å². The highest BCUT2D eigenvalue weighted by atomic mass is 19.1. The average Bonchev–Trinajstić information content (AvgIpc) is 2.35. The van der Waals surface area contributed by atoms with Gasteiger partial charge < -0.3 is 10.4 Å². The van der Waals surface area contributed by atoms with Crippen molar-refractivity contribution in [1.82, 2.24) is 5.32 Å². The van der Waals surface area contributed by atoms with Crippen LogP contribution in [0.25, 0.3) is 0 Å². The topological polar surface area (TPSA) is 73.1 Å². The van der Waals surface area contributed by atoms with Gasteiger partial charge in [-0.1, -0.05) is 13.8 Å². The minimum Gasteiger partial charge on any atom is -0.480 e. The first kappa shape index (κ1) is 15.1. The summed E-state index contributed by atoms with van der Waals surface area (Å²) in [6.07, 6.45) is 0.467. The summed E-state index contributed by atoms with van der Waals surface area (Å²) < 4.78 is 13.5. The summed E-state index contributed by atoms with van der Waals surface area (Å²) in [4.78, 5) is 11.1. The van der Waals surface area contributed by atoms with E-state index in [0.29, 0.717) is 17.5 Å². The van der Waals surface area contributed by atoms with Crippen molar-refractivity contribution in [2.75, 3.05) is 0 Å². The van der Waals surface area contributed by atoms with E-state index in [9.17, 15) is 9.18 Å². The summed E-state index contributed by atoms with van der Waals surface area (Å²) in [7, 11) is 0. The number of hydrogen-bond acceptors (Lipinski definition) is 3. The molecule has 0 radical (unpaired) electrons. The highest BCUT2D eigenvalue weighted by molar-refractivity contribution is 5.73. The number of rotatable bonds is 6. The molecule has 0 fully saturated rings. The summed E-state index contributed by atoms with van der Waals surface area (Å²) in [6, 6.07) is 5.24. The van der Waals surface area contributed by atoms with Crippen LogP contribution < -0.4 is 5.32 Å². The van der Waals surface area contributed by atoms with Crippen molar-refractivity contribution in [2.45, 2.75) is 32.9 Å². The van der Waals surface area contributed by atoms with Crippen molar-refractivity contribution < 1.29 is 14.3 Å². The summed E-state index contributed by atoms with van der Waals surface area (Å²) in [5, 5.41) is 20.6. The Balaban J connectivity index is 2.74. The monoisotopic (exact) mass is 264 g/mol. The summed E-state index contributed by atoms with van der Waals surface area (Å²) in [5.41, 5.74) is 0.656. The van der Waals surface area contributed by atoms with Crippen LogP contribution in [-0.2, 0) is 11.3 Å². The molecule has 1 aromatic rings. The normalized spacial score (nSPS) is 12.2. The maximum Gasteiger partial charge on any atom is 0.320 e. The minimum atomic E-state index is -0.953. The van der Waals surface area contributed by atoms with Crippen LogP contribution >= 0.6 is 0 Å². The van der Waals surface area contributed by atoms with E-state index in [0.717, 1.165) is 0 Å². The Bertz CT molecular complexity index is 495. The largest absolute Gasteiger partial charge is 0.480 e. The van der Waals surface area contributed by atoms with E-state index in [1.807, 2.05) is 19.9 Å². The Labute approximate surface area is 111 Å². The van der Waals surface area contributed by atoms with Gasteiger partial charge in [0, 0.05) is 12.1 Å². The molecule has 0 heterocycles. The SMILES string of the molecule is CC(C)CC(NCc1cc(C#N)ccc1F)C(=O)O. The van der Waals surface area contributed by atoms with E-state index in [1.54, 1.807) is 0 Å². The number of nitrogens with zero attached hydrogens (tertiary/aromatic N) is 1. The molecule has 1 aromatic carbocycles. The zero-order chi connectivity index (χ0) is 14.4. The summed E-state index contributed by atoms with van der Waals surface area (Å²) in [6.45, 7) is 3.94. The lowest BCUT2D eigenvalue weighted by molar-refractivity contribution is -0.140. The molecule has 19 heavy (non-hydrogen) atoms. The smallest absolute Gasteiger partial charge is 0.320 e. The lowest BCUT2D eigenvalue weighted by Gasteiger charge is -2.16. The molecule has 0 spiro atoms. The number of carboxylic acids is 1. The molecule has 1 unspecified atom stereocenters. The van der Waals surface area contributed by atoms with E-state index >= 15 is 0 Å². The molecule has 102 valence electrons. The van der Waals surface area contributed by atoms with Gasteiger partial charge in [0.05, 0.1) is 11.6 Å². The van der Waals surface area contributed by atoms with Gasteiger partial charge in [-0.3, -0.25) is 4.79 Å². The quantitative estimate of drug-likeness (QED) is 0.826. The van der Waals surface area contributed by atoms with Crippen LogP contribution in [0.1, 0.15) is 31.4 Å². The van der Waals surface area contributed by atoms with Gasteiger partial charge in [-0.15, -0.1) is 0 Å². The molecule has 2 N–H and O–H groups in total. The van der Waals surface area contributed by atoms with Gasteiger partial charge in [0.15, 0.2) is 0 Å². The second-order valence-electron chi connectivity index (χ2n) is 4.82. The van der Waals surface area contributed by atoms with Gasteiger partial charge in [0.25, 0.3) is 0 Å². The highest BCUT2D eigenvalue weighted by Gasteiger charge is 2.18. The summed E-state index contributed by atoms with van der Waals surface area (Å²) in [5.74, 6) is -1.17. The molecular weight excluding hydrogens is 247 g/mol. The molecule has 1 atom stereocenters. The van der Waals surface area contributed by atoms with Gasteiger partial charge in [0.1, 0.15) is 11.9 Å². The van der Waals surface area contributed by atoms with E-state index in [4.69, 9.17) is 10.4 Å². The fourth-order valence-electron chi connectivity index (χ4n) is 1.76. The van der Waals surface area contributed by atoms with E-state index < -0.39 is 17.8 Å². The Morgan fingerprint density at radius 2 is 2.21 bits per heavy atom. The molecule has 0 bridgehead atoms. The number of carboxylic acid groups (broad SMARTS) is 1. The second-order valence-corrected chi connectivity index (χ2v) is 4.82. The maximum atomic E-state index is 13.5. The van der Waals surface area contributed by atoms with E-state index in [1.165, 1.54) is 18.2 Å². The molecule has 0 aliphatic rings. The third-order valence-electron chi connectivity index (χ3n) is 2.72. The van der Waals surface area contributed by atoms with Crippen LogP contribution in [0.3, 0.4) is 0 Å². The number of nitrogens with one attached hydrogen (secondary N) is 1. The van der Waals surface area contributed by atoms with Crippen LogP contribution in [0.2, 0.25) is 0 Å². The predicted molar refractivity (Wildman–Crippen MR) is 68.8 cm³/mol. The fraction of sp³-hybridized carbons (Fsp3) is 0.429. The van der Waals surface area contributed by atoms with E-state index in [2.05, 4.69) is 5.32 Å². The van der Waals surface area contributed by atoms with Gasteiger partial charge in [0.2, 0.25) is 0 Å². The maximum absolute atomic E-state index is 13.5. The molecule has 4 nitrogen and oxygen atoms in total. The zero-order valence-corrected chi connectivity index (χ0v) is 11.0. The standard InChI is InChI=1S/C14H17FN2O2/c1-9(2)5-13(14(18)19)17-8-11-6-10(7-16)3-4-12(11)15/h3-4,6,9,13,17H,5,8H2,1-2H3,(H,18,19). The van der Waals surface area contributed by atoms with Crippen LogP contribution in [-0.4, -0.2) is 17.1 Å². The molecule has 0 saturated carbocycles. The third kappa shape index (κ3) is 4.68. The lowest BCUT2D eigenvalue weighted by Crippen LogP contribution is -2.37. The minimum absolute atomic E-state index is 0.0883. The fourth-order valence-corrected chi connectivity index (χ4v) is 1.76. The Morgan fingerprint density at radius 1 is 1.53 bits per heavy atom. The number of benzene rings is 1. The molecule has 0 aliphatic carbocycles. The van der Waals surface area contributed by atoms with Crippen molar-refractivity contribution in [1.29, 1.82) is 5.26 Å². The number of hydrogen-bond donors (Lipinski definition) is 2. The van der Waals surface area contributed by atoms with E-state index in [-0.39, 0.29) is 12.5 Å². The average molecular weight is 264 g/mol. The predicted octanol–water partition coefficient (Wildman–Crippen LogP) is 2.29. The molecule has 0 saturated heterocycles. The van der Waals surface area contributed by atoms with Crippen molar-refractivity contribution >= 4 is 5.97 Å². The molecule has 0 aliphatic heterocycles. The molecule has 0 aromatic heterocycles. The Kier molecular flexibility index (Phi) is 5.46. The zero-order valence-electron chi connectivity index (χ0n) is 11.0. The number of aliphatic carboxylic acids is 1. The third-order valence-corrected chi connectivity index (χ3v) is 2.72. The second kappa shape index (κ2) is 6.86. The summed E-state index contributed by atoms with van der Waals surface area (Å²) >= 11 is 0. The molecule has 1 rings (SSSR count). The molecule has 0 amide bonds. The number of carbonyl (C=O) groups is 1. The lowest BCUT2D eigenvalue weighted by atomic mass is 10.0. The van der Waals surface area contributed by atoms with Crippen molar-refractivity contribution in [3.63, 3.8) is 0 Å². The van der Waals surface area contributed by atoms with Crippen molar-refractivity contribution in [3.8, 4) is 6.07 Å².